The topological polar surface area (TPSA) is 59.6 Å². The molecule has 1 aliphatic rings. The summed E-state index contributed by atoms with van der Waals surface area (Å²) >= 11 is 8.60. The molecule has 0 spiro atoms. The first-order valence-corrected chi connectivity index (χ1v) is 9.43. The zero-order chi connectivity index (χ0) is 17.4. The van der Waals surface area contributed by atoms with Crippen LogP contribution in [-0.4, -0.2) is 36.9 Å². The maximum Gasteiger partial charge on any atom is 0.257 e. The number of amides is 1. The summed E-state index contributed by atoms with van der Waals surface area (Å²) in [6.45, 7) is 4.19. The van der Waals surface area contributed by atoms with Crippen molar-refractivity contribution in [1.29, 1.82) is 0 Å². The van der Waals surface area contributed by atoms with Gasteiger partial charge in [-0.25, -0.2) is 0 Å². The molecule has 1 amide bonds. The van der Waals surface area contributed by atoms with Crippen LogP contribution in [0.4, 0.5) is 0 Å². The van der Waals surface area contributed by atoms with Crippen molar-refractivity contribution in [3.63, 3.8) is 0 Å². The molecule has 1 heterocycles. The van der Waals surface area contributed by atoms with Gasteiger partial charge in [0.05, 0.1) is 17.2 Å². The van der Waals surface area contributed by atoms with E-state index in [1.165, 1.54) is 0 Å². The molecular formula is C17H23BrN2O3S. The lowest BCUT2D eigenvalue weighted by molar-refractivity contribution is 0.0973. The van der Waals surface area contributed by atoms with Crippen LogP contribution >= 0.6 is 28.1 Å². The van der Waals surface area contributed by atoms with Gasteiger partial charge in [-0.15, -0.1) is 0 Å². The second-order valence-corrected chi connectivity index (χ2v) is 6.91. The van der Waals surface area contributed by atoms with Gasteiger partial charge in [0.1, 0.15) is 5.75 Å². The van der Waals surface area contributed by atoms with Gasteiger partial charge in [0.2, 0.25) is 0 Å². The van der Waals surface area contributed by atoms with Gasteiger partial charge in [-0.05, 0) is 65.6 Å². The van der Waals surface area contributed by atoms with Crippen molar-refractivity contribution in [1.82, 2.24) is 10.6 Å². The molecule has 2 rings (SSSR count). The second kappa shape index (κ2) is 9.96. The molecule has 0 aromatic heterocycles. The van der Waals surface area contributed by atoms with Gasteiger partial charge in [0.25, 0.3) is 5.91 Å². The molecule has 1 atom stereocenters. The molecule has 0 aliphatic carbocycles. The summed E-state index contributed by atoms with van der Waals surface area (Å²) in [4.78, 5) is 12.2. The lowest BCUT2D eigenvalue weighted by Gasteiger charge is -2.14. The summed E-state index contributed by atoms with van der Waals surface area (Å²) in [5.74, 6) is 0.486. The third-order valence-electron chi connectivity index (χ3n) is 3.69. The Hall–Kier alpha value is -1.18. The highest BCUT2D eigenvalue weighted by Gasteiger charge is 2.16. The summed E-state index contributed by atoms with van der Waals surface area (Å²) in [5, 5.41) is 6.02. The molecule has 0 radical (unpaired) electrons. The summed E-state index contributed by atoms with van der Waals surface area (Å²) in [6.07, 6.45) is 4.35. The number of hydrogen-bond donors (Lipinski definition) is 2. The number of unbranched alkanes of at least 4 members (excludes halogenated alkanes) is 1. The highest BCUT2D eigenvalue weighted by atomic mass is 79.9. The Labute approximate surface area is 156 Å². The second-order valence-electron chi connectivity index (χ2n) is 5.65. The van der Waals surface area contributed by atoms with Crippen LogP contribution in [0.15, 0.2) is 22.7 Å². The number of carbonyl (C=O) groups is 1. The van der Waals surface area contributed by atoms with Crippen molar-refractivity contribution >= 4 is 39.2 Å². The Morgan fingerprint density at radius 1 is 1.50 bits per heavy atom. The highest BCUT2D eigenvalue weighted by molar-refractivity contribution is 9.10. The fourth-order valence-corrected chi connectivity index (χ4v) is 2.99. The number of rotatable bonds is 7. The first kappa shape index (κ1) is 19.1. The monoisotopic (exact) mass is 414 g/mol. The Bertz CT molecular complexity index is 577. The Morgan fingerprint density at radius 2 is 2.33 bits per heavy atom. The first-order chi connectivity index (χ1) is 11.6. The molecule has 1 unspecified atom stereocenters. The minimum absolute atomic E-state index is 0.175. The van der Waals surface area contributed by atoms with Crippen molar-refractivity contribution in [2.45, 2.75) is 38.7 Å². The van der Waals surface area contributed by atoms with Crippen molar-refractivity contribution in [3.8, 4) is 5.75 Å². The zero-order valence-corrected chi connectivity index (χ0v) is 16.2. The van der Waals surface area contributed by atoms with E-state index in [9.17, 15) is 4.79 Å². The van der Waals surface area contributed by atoms with Crippen molar-refractivity contribution < 1.29 is 14.3 Å². The molecule has 1 aliphatic heterocycles. The van der Waals surface area contributed by atoms with Gasteiger partial charge >= 0.3 is 0 Å². The van der Waals surface area contributed by atoms with E-state index in [1.807, 2.05) is 0 Å². The van der Waals surface area contributed by atoms with Gasteiger partial charge in [0.15, 0.2) is 5.11 Å². The predicted octanol–water partition coefficient (Wildman–Crippen LogP) is 3.41. The van der Waals surface area contributed by atoms with Crippen molar-refractivity contribution in [2.24, 2.45) is 0 Å². The smallest absolute Gasteiger partial charge is 0.257 e. The molecule has 1 aromatic carbocycles. The number of thiocarbonyl (C=S) groups is 1. The van der Waals surface area contributed by atoms with Crippen LogP contribution in [0.3, 0.4) is 0 Å². The van der Waals surface area contributed by atoms with Gasteiger partial charge in [0, 0.05) is 18.7 Å². The third-order valence-corrected chi connectivity index (χ3v) is 4.56. The number of hydrogen-bond acceptors (Lipinski definition) is 4. The van der Waals surface area contributed by atoms with Crippen LogP contribution in [0.5, 0.6) is 5.75 Å². The minimum Gasteiger partial charge on any atom is -0.492 e. The molecule has 2 N–H and O–H groups in total. The van der Waals surface area contributed by atoms with Gasteiger partial charge in [-0.3, -0.25) is 10.1 Å². The normalized spacial score (nSPS) is 16.7. The van der Waals surface area contributed by atoms with E-state index in [0.717, 1.165) is 42.5 Å². The van der Waals surface area contributed by atoms with Crippen molar-refractivity contribution in [3.05, 3.63) is 28.2 Å². The Morgan fingerprint density at radius 3 is 3.00 bits per heavy atom. The fraction of sp³-hybridized carbons (Fsp3) is 0.529. The summed E-state index contributed by atoms with van der Waals surface area (Å²) in [5.41, 5.74) is 0.519. The summed E-state index contributed by atoms with van der Waals surface area (Å²) in [6, 6.07) is 5.25. The quantitative estimate of drug-likeness (QED) is 0.528. The van der Waals surface area contributed by atoms with Crippen LogP contribution in [0.2, 0.25) is 0 Å². The minimum atomic E-state index is -0.249. The molecule has 7 heteroatoms. The number of nitrogens with one attached hydrogen (secondary N) is 2. The van der Waals surface area contributed by atoms with E-state index >= 15 is 0 Å². The van der Waals surface area contributed by atoms with E-state index in [0.29, 0.717) is 23.8 Å². The van der Waals surface area contributed by atoms with Crippen LogP contribution < -0.4 is 15.4 Å². The van der Waals surface area contributed by atoms with E-state index in [2.05, 4.69) is 33.5 Å². The Balaban J connectivity index is 1.82. The van der Waals surface area contributed by atoms with Crippen molar-refractivity contribution in [2.75, 3.05) is 19.8 Å². The van der Waals surface area contributed by atoms with E-state index in [1.54, 1.807) is 18.2 Å². The largest absolute Gasteiger partial charge is 0.492 e. The maximum atomic E-state index is 12.2. The zero-order valence-electron chi connectivity index (χ0n) is 13.8. The summed E-state index contributed by atoms with van der Waals surface area (Å²) < 4.78 is 11.9. The van der Waals surface area contributed by atoms with Crippen LogP contribution in [0, 0.1) is 0 Å². The lowest BCUT2D eigenvalue weighted by Crippen LogP contribution is -2.42. The van der Waals surface area contributed by atoms with Gasteiger partial charge < -0.3 is 14.8 Å². The van der Waals surface area contributed by atoms with Crippen LogP contribution in [-0.2, 0) is 4.74 Å². The van der Waals surface area contributed by atoms with Crippen LogP contribution in [0.1, 0.15) is 43.0 Å². The molecule has 132 valence electrons. The number of ether oxygens (including phenoxy) is 2. The molecule has 0 saturated carbocycles. The Kier molecular flexibility index (Phi) is 7.94. The molecule has 1 saturated heterocycles. The SMILES string of the molecule is CCCCOc1ccc(C(=O)NC(=S)NCC2CCCO2)cc1Br. The number of carbonyl (C=O) groups excluding carboxylic acids is 1. The molecule has 1 fully saturated rings. The van der Waals surface area contributed by atoms with Crippen LogP contribution in [0.25, 0.3) is 0 Å². The van der Waals surface area contributed by atoms with Gasteiger partial charge in [-0.2, -0.15) is 0 Å². The molecule has 0 bridgehead atoms. The molecular weight excluding hydrogens is 392 g/mol. The highest BCUT2D eigenvalue weighted by Crippen LogP contribution is 2.26. The predicted molar refractivity (Wildman–Crippen MR) is 102 cm³/mol. The number of halogens is 1. The van der Waals surface area contributed by atoms with E-state index in [-0.39, 0.29) is 12.0 Å². The standard InChI is InChI=1S/C17H23BrN2O3S/c1-2-3-8-23-15-7-6-12(10-14(15)18)16(21)20-17(24)19-11-13-5-4-9-22-13/h6-7,10,13H,2-5,8-9,11H2,1H3,(H2,19,20,21,24). The number of benzene rings is 1. The molecule has 24 heavy (non-hydrogen) atoms. The third kappa shape index (κ3) is 6.03. The van der Waals surface area contributed by atoms with E-state index in [4.69, 9.17) is 21.7 Å². The maximum absolute atomic E-state index is 12.2. The average molecular weight is 415 g/mol. The molecule has 5 nitrogen and oxygen atoms in total. The molecule has 1 aromatic rings. The fourth-order valence-electron chi connectivity index (χ4n) is 2.32. The first-order valence-electron chi connectivity index (χ1n) is 8.23. The van der Waals surface area contributed by atoms with Gasteiger partial charge in [-0.1, -0.05) is 13.3 Å². The lowest BCUT2D eigenvalue weighted by atomic mass is 10.2. The summed E-state index contributed by atoms with van der Waals surface area (Å²) in [7, 11) is 0. The van der Waals surface area contributed by atoms with E-state index < -0.39 is 0 Å². The average Bonchev–Trinajstić information content (AvgIpc) is 3.08.